The van der Waals surface area contributed by atoms with Crippen LogP contribution in [0.25, 0.3) is 0 Å². The molecule has 0 atom stereocenters. The molecule has 3 N–H and O–H groups in total. The number of aromatic amines is 1. The molecule has 1 aromatic heterocycles. The first kappa shape index (κ1) is 10.3. The highest BCUT2D eigenvalue weighted by molar-refractivity contribution is 5.12. The zero-order valence-corrected chi connectivity index (χ0v) is 8.51. The van der Waals surface area contributed by atoms with Gasteiger partial charge in [-0.3, -0.25) is 4.90 Å². The number of rotatable bonds is 5. The number of hydrogen-bond acceptors (Lipinski definition) is 2. The van der Waals surface area contributed by atoms with Gasteiger partial charge in [-0.25, -0.2) is 0 Å². The van der Waals surface area contributed by atoms with Gasteiger partial charge in [0.25, 0.3) is 0 Å². The van der Waals surface area contributed by atoms with Crippen LogP contribution in [-0.2, 0) is 13.1 Å². The summed E-state index contributed by atoms with van der Waals surface area (Å²) in [6, 6.07) is 4.17. The predicted molar refractivity (Wildman–Crippen MR) is 55.3 cm³/mol. The van der Waals surface area contributed by atoms with E-state index in [0.29, 0.717) is 6.54 Å². The van der Waals surface area contributed by atoms with E-state index < -0.39 is 0 Å². The van der Waals surface area contributed by atoms with Gasteiger partial charge in [-0.2, -0.15) is 0 Å². The van der Waals surface area contributed by atoms with E-state index in [9.17, 15) is 0 Å². The number of nitrogens with one attached hydrogen (secondary N) is 1. The maximum Gasteiger partial charge on any atom is 0.0384 e. The van der Waals surface area contributed by atoms with Gasteiger partial charge in [-0.1, -0.05) is 13.8 Å². The summed E-state index contributed by atoms with van der Waals surface area (Å²) in [5, 5.41) is 0. The summed E-state index contributed by atoms with van der Waals surface area (Å²) in [4.78, 5) is 5.66. The van der Waals surface area contributed by atoms with Crippen molar-refractivity contribution in [1.82, 2.24) is 9.88 Å². The molecular weight excluding hydrogens is 162 g/mol. The van der Waals surface area contributed by atoms with E-state index in [2.05, 4.69) is 35.9 Å². The van der Waals surface area contributed by atoms with Crippen LogP contribution in [0, 0.1) is 0 Å². The van der Waals surface area contributed by atoms with Gasteiger partial charge in [0.15, 0.2) is 0 Å². The Balaban J connectivity index is 2.52. The summed E-state index contributed by atoms with van der Waals surface area (Å²) in [5.41, 5.74) is 7.88. The second kappa shape index (κ2) is 5.04. The lowest BCUT2D eigenvalue weighted by Crippen LogP contribution is -2.22. The molecule has 3 heteroatoms. The van der Waals surface area contributed by atoms with Gasteiger partial charge in [0.05, 0.1) is 0 Å². The van der Waals surface area contributed by atoms with Gasteiger partial charge < -0.3 is 10.7 Å². The summed E-state index contributed by atoms with van der Waals surface area (Å²) >= 11 is 0. The third-order valence-corrected chi connectivity index (χ3v) is 2.32. The highest BCUT2D eigenvalue weighted by Crippen LogP contribution is 2.04. The molecule has 0 spiro atoms. The quantitative estimate of drug-likeness (QED) is 0.719. The highest BCUT2D eigenvalue weighted by atomic mass is 15.1. The molecule has 0 aromatic carbocycles. The molecule has 0 fully saturated rings. The first-order chi connectivity index (χ1) is 6.30. The highest BCUT2D eigenvalue weighted by Gasteiger charge is 2.02. The van der Waals surface area contributed by atoms with Crippen LogP contribution in [0.3, 0.4) is 0 Å². The van der Waals surface area contributed by atoms with Crippen LogP contribution in [0.15, 0.2) is 12.1 Å². The van der Waals surface area contributed by atoms with E-state index in [1.807, 2.05) is 0 Å². The van der Waals surface area contributed by atoms with Crippen molar-refractivity contribution in [1.29, 1.82) is 0 Å². The fraction of sp³-hybridized carbons (Fsp3) is 0.600. The van der Waals surface area contributed by atoms with E-state index in [4.69, 9.17) is 5.73 Å². The summed E-state index contributed by atoms with van der Waals surface area (Å²) in [7, 11) is 0. The average Bonchev–Trinajstić information content (AvgIpc) is 2.61. The maximum absolute atomic E-state index is 5.51. The summed E-state index contributed by atoms with van der Waals surface area (Å²) < 4.78 is 0. The lowest BCUT2D eigenvalue weighted by molar-refractivity contribution is 0.292. The fourth-order valence-corrected chi connectivity index (χ4v) is 1.39. The van der Waals surface area contributed by atoms with Gasteiger partial charge in [-0.05, 0) is 25.2 Å². The normalized spacial score (nSPS) is 11.1. The predicted octanol–water partition coefficient (Wildman–Crippen LogP) is 1.32. The molecule has 1 rings (SSSR count). The summed E-state index contributed by atoms with van der Waals surface area (Å²) in [6.07, 6.45) is 0. The Morgan fingerprint density at radius 3 is 2.31 bits per heavy atom. The van der Waals surface area contributed by atoms with E-state index >= 15 is 0 Å². The SMILES string of the molecule is CCN(CC)Cc1ccc(CN)[nH]1. The fourth-order valence-electron chi connectivity index (χ4n) is 1.39. The average molecular weight is 181 g/mol. The molecule has 0 aliphatic carbocycles. The lowest BCUT2D eigenvalue weighted by Gasteiger charge is -2.16. The number of aromatic nitrogens is 1. The van der Waals surface area contributed by atoms with Crippen molar-refractivity contribution in [2.45, 2.75) is 26.9 Å². The molecule has 74 valence electrons. The van der Waals surface area contributed by atoms with E-state index in [1.165, 1.54) is 5.69 Å². The Labute approximate surface area is 79.9 Å². The molecule has 0 aliphatic rings. The topological polar surface area (TPSA) is 45.0 Å². The van der Waals surface area contributed by atoms with Crippen LogP contribution in [0.5, 0.6) is 0 Å². The molecule has 0 aliphatic heterocycles. The maximum atomic E-state index is 5.51. The van der Waals surface area contributed by atoms with Crippen molar-refractivity contribution >= 4 is 0 Å². The number of nitrogens with zero attached hydrogens (tertiary/aromatic N) is 1. The molecule has 13 heavy (non-hydrogen) atoms. The molecule has 0 radical (unpaired) electrons. The van der Waals surface area contributed by atoms with Gasteiger partial charge >= 0.3 is 0 Å². The monoisotopic (exact) mass is 181 g/mol. The first-order valence-corrected chi connectivity index (χ1v) is 4.89. The van der Waals surface area contributed by atoms with E-state index in [0.717, 1.165) is 25.3 Å². The molecule has 0 unspecified atom stereocenters. The molecule has 0 amide bonds. The molecule has 3 nitrogen and oxygen atoms in total. The van der Waals surface area contributed by atoms with Crippen LogP contribution >= 0.6 is 0 Å². The van der Waals surface area contributed by atoms with Crippen molar-refractivity contribution in [3.05, 3.63) is 23.5 Å². The largest absolute Gasteiger partial charge is 0.360 e. The number of H-pyrrole nitrogens is 1. The van der Waals surface area contributed by atoms with Gasteiger partial charge in [-0.15, -0.1) is 0 Å². The van der Waals surface area contributed by atoms with Crippen molar-refractivity contribution in [3.8, 4) is 0 Å². The van der Waals surface area contributed by atoms with Crippen molar-refractivity contribution in [3.63, 3.8) is 0 Å². The molecular formula is C10H19N3. The van der Waals surface area contributed by atoms with Crippen LogP contribution in [0.1, 0.15) is 25.2 Å². The molecule has 1 heterocycles. The zero-order chi connectivity index (χ0) is 9.68. The minimum atomic E-state index is 0.595. The summed E-state index contributed by atoms with van der Waals surface area (Å²) in [6.45, 7) is 8.12. The van der Waals surface area contributed by atoms with Gasteiger partial charge in [0, 0.05) is 24.5 Å². The zero-order valence-electron chi connectivity index (χ0n) is 8.51. The van der Waals surface area contributed by atoms with E-state index in [-0.39, 0.29) is 0 Å². The van der Waals surface area contributed by atoms with Crippen LogP contribution in [0.4, 0.5) is 0 Å². The molecule has 0 bridgehead atoms. The number of nitrogens with two attached hydrogens (primary N) is 1. The Morgan fingerprint density at radius 2 is 1.85 bits per heavy atom. The van der Waals surface area contributed by atoms with Crippen molar-refractivity contribution in [2.75, 3.05) is 13.1 Å². The molecule has 0 saturated heterocycles. The van der Waals surface area contributed by atoms with Crippen molar-refractivity contribution < 1.29 is 0 Å². The van der Waals surface area contributed by atoms with Gasteiger partial charge in [0.2, 0.25) is 0 Å². The minimum absolute atomic E-state index is 0.595. The van der Waals surface area contributed by atoms with Crippen molar-refractivity contribution in [2.24, 2.45) is 5.73 Å². The standard InChI is InChI=1S/C10H19N3/c1-3-13(4-2)8-10-6-5-9(7-11)12-10/h5-6,12H,3-4,7-8,11H2,1-2H3. The smallest absolute Gasteiger partial charge is 0.0384 e. The second-order valence-electron chi connectivity index (χ2n) is 3.17. The van der Waals surface area contributed by atoms with Crippen LogP contribution < -0.4 is 5.73 Å². The summed E-state index contributed by atoms with van der Waals surface area (Å²) in [5.74, 6) is 0. The molecule has 0 saturated carbocycles. The Morgan fingerprint density at radius 1 is 1.23 bits per heavy atom. The Kier molecular flexibility index (Phi) is 3.99. The number of hydrogen-bond donors (Lipinski definition) is 2. The Hall–Kier alpha value is -0.800. The second-order valence-corrected chi connectivity index (χ2v) is 3.17. The third kappa shape index (κ3) is 2.86. The minimum Gasteiger partial charge on any atom is -0.360 e. The van der Waals surface area contributed by atoms with E-state index in [1.54, 1.807) is 0 Å². The van der Waals surface area contributed by atoms with Crippen LogP contribution in [-0.4, -0.2) is 23.0 Å². The Bertz CT molecular complexity index is 238. The van der Waals surface area contributed by atoms with Gasteiger partial charge in [0.1, 0.15) is 0 Å². The lowest BCUT2D eigenvalue weighted by atomic mass is 10.4. The third-order valence-electron chi connectivity index (χ3n) is 2.32. The van der Waals surface area contributed by atoms with Crippen LogP contribution in [0.2, 0.25) is 0 Å². The first-order valence-electron chi connectivity index (χ1n) is 4.89. The molecule has 1 aromatic rings.